The van der Waals surface area contributed by atoms with Crippen LogP contribution in [-0.4, -0.2) is 80.6 Å². The number of likely N-dealkylation sites (N-methyl/N-ethyl adjacent to an activating group) is 1. The lowest BCUT2D eigenvalue weighted by molar-refractivity contribution is -0.887. The number of hydrogen-bond donors (Lipinski definition) is 1. The van der Waals surface area contributed by atoms with E-state index in [0.717, 1.165) is 38.5 Å². The quantitative estimate of drug-likeness (QED) is 0.0288. The van der Waals surface area contributed by atoms with Crippen LogP contribution in [0.15, 0.2) is 36.5 Å². The fraction of sp³-hybridized carbons (Fsp3) is 0.804. The number of hydrogen-bond acceptors (Lipinski definition) is 6. The van der Waals surface area contributed by atoms with Gasteiger partial charge in [0, 0.05) is 12.8 Å². The summed E-state index contributed by atoms with van der Waals surface area (Å²) in [7, 11) is 5.50. The molecule has 2 atom stereocenters. The topological polar surface area (TPSA) is 99.1 Å². The van der Waals surface area contributed by atoms with Gasteiger partial charge in [-0.3, -0.25) is 9.59 Å². The lowest BCUT2D eigenvalue weighted by atomic mass is 10.0. The van der Waals surface area contributed by atoms with Crippen LogP contribution in [0, 0.1) is 0 Å². The molecule has 0 saturated carbocycles. The molecule has 0 aromatic heterocycles. The highest BCUT2D eigenvalue weighted by Crippen LogP contribution is 2.16. The molecule has 314 valence electrons. The Morgan fingerprint density at radius 2 is 1.02 bits per heavy atom. The summed E-state index contributed by atoms with van der Waals surface area (Å²) in [6.07, 6.45) is 42.4. The monoisotopic (exact) mass is 763 g/mol. The minimum absolute atomic E-state index is 0.0366. The molecule has 2 unspecified atom stereocenters. The van der Waals surface area contributed by atoms with Crippen LogP contribution in [0.3, 0.4) is 0 Å². The molecule has 0 aliphatic carbocycles. The van der Waals surface area contributed by atoms with Crippen molar-refractivity contribution in [1.29, 1.82) is 0 Å². The van der Waals surface area contributed by atoms with Crippen molar-refractivity contribution in [2.45, 2.75) is 199 Å². The third kappa shape index (κ3) is 35.3. The zero-order valence-corrected chi connectivity index (χ0v) is 35.7. The Morgan fingerprint density at radius 1 is 0.574 bits per heavy atom. The minimum Gasteiger partial charge on any atom is -0.477 e. The van der Waals surface area contributed by atoms with E-state index in [9.17, 15) is 19.5 Å². The first-order valence-electron chi connectivity index (χ1n) is 22.0. The second kappa shape index (κ2) is 37.5. The van der Waals surface area contributed by atoms with Gasteiger partial charge in [-0.15, -0.1) is 0 Å². The number of aliphatic carboxylic acids is 1. The molecule has 0 aliphatic rings. The average molecular weight is 763 g/mol. The summed E-state index contributed by atoms with van der Waals surface area (Å²) >= 11 is 0. The van der Waals surface area contributed by atoms with E-state index >= 15 is 0 Å². The molecule has 0 rings (SSSR count). The minimum atomic E-state index is -0.884. The SMILES string of the molecule is CC/C=C/C/C=C/C/C=C/CC(=O)OCC(COCCC(C(=O)O)[N+](C)(C)C)OC(=O)CCCCCCCCCCCCCCCCCCCCCCC. The largest absolute Gasteiger partial charge is 0.477 e. The van der Waals surface area contributed by atoms with E-state index in [1.165, 1.54) is 116 Å². The fourth-order valence-electron chi connectivity index (χ4n) is 6.45. The van der Waals surface area contributed by atoms with Crippen molar-refractivity contribution in [3.05, 3.63) is 36.5 Å². The molecular formula is C46H84NO7+. The van der Waals surface area contributed by atoms with Crippen LogP contribution < -0.4 is 0 Å². The predicted octanol–water partition coefficient (Wildman–Crippen LogP) is 11.9. The first-order chi connectivity index (χ1) is 26.1. The zero-order chi connectivity index (χ0) is 40.0. The molecule has 54 heavy (non-hydrogen) atoms. The number of rotatable bonds is 39. The maximum atomic E-state index is 12.7. The highest BCUT2D eigenvalue weighted by Gasteiger charge is 2.31. The first kappa shape index (κ1) is 51.5. The molecule has 0 heterocycles. The molecule has 0 saturated heterocycles. The number of carboxylic acid groups (broad SMARTS) is 1. The molecule has 0 aromatic carbocycles. The van der Waals surface area contributed by atoms with Gasteiger partial charge in [0.25, 0.3) is 0 Å². The van der Waals surface area contributed by atoms with E-state index in [1.807, 2.05) is 27.2 Å². The number of ether oxygens (including phenoxy) is 3. The second-order valence-electron chi connectivity index (χ2n) is 15.9. The number of allylic oxidation sites excluding steroid dienone is 5. The lowest BCUT2D eigenvalue weighted by Gasteiger charge is -2.31. The molecule has 0 fully saturated rings. The summed E-state index contributed by atoms with van der Waals surface area (Å²) in [5, 5.41) is 9.59. The van der Waals surface area contributed by atoms with Gasteiger partial charge in [-0.05, 0) is 25.7 Å². The molecule has 1 N–H and O–H groups in total. The summed E-state index contributed by atoms with van der Waals surface area (Å²) in [5.41, 5.74) is 0. The van der Waals surface area contributed by atoms with Gasteiger partial charge in [-0.25, -0.2) is 4.79 Å². The van der Waals surface area contributed by atoms with Crippen molar-refractivity contribution >= 4 is 17.9 Å². The number of carbonyl (C=O) groups is 3. The highest BCUT2D eigenvalue weighted by atomic mass is 16.6. The highest BCUT2D eigenvalue weighted by molar-refractivity contribution is 5.72. The molecule has 8 heteroatoms. The molecule has 0 spiro atoms. The van der Waals surface area contributed by atoms with Gasteiger partial charge < -0.3 is 23.8 Å². The van der Waals surface area contributed by atoms with E-state index in [1.54, 1.807) is 6.08 Å². The predicted molar refractivity (Wildman–Crippen MR) is 225 cm³/mol. The maximum Gasteiger partial charge on any atom is 0.362 e. The molecular weight excluding hydrogens is 679 g/mol. The van der Waals surface area contributed by atoms with Gasteiger partial charge in [-0.1, -0.05) is 179 Å². The molecule has 0 aromatic rings. The van der Waals surface area contributed by atoms with Gasteiger partial charge in [0.15, 0.2) is 12.1 Å². The van der Waals surface area contributed by atoms with E-state index < -0.39 is 24.1 Å². The third-order valence-electron chi connectivity index (χ3n) is 9.84. The van der Waals surface area contributed by atoms with Crippen molar-refractivity contribution in [2.75, 3.05) is 41.0 Å². The van der Waals surface area contributed by atoms with Gasteiger partial charge >= 0.3 is 17.9 Å². The van der Waals surface area contributed by atoms with Gasteiger partial charge in [0.1, 0.15) is 6.61 Å². The number of carbonyl (C=O) groups excluding carboxylic acids is 2. The Bertz CT molecular complexity index is 984. The number of unbranched alkanes of at least 4 members (excludes halogenated alkanes) is 20. The number of esters is 2. The van der Waals surface area contributed by atoms with Crippen LogP contribution in [0.25, 0.3) is 0 Å². The number of nitrogens with zero attached hydrogens (tertiary/aromatic N) is 1. The van der Waals surface area contributed by atoms with Crippen molar-refractivity contribution in [2.24, 2.45) is 0 Å². The van der Waals surface area contributed by atoms with E-state index in [4.69, 9.17) is 14.2 Å². The van der Waals surface area contributed by atoms with Crippen molar-refractivity contribution in [3.8, 4) is 0 Å². The molecule has 0 radical (unpaired) electrons. The summed E-state index contributed by atoms with van der Waals surface area (Å²) in [5.74, 6) is -1.61. The van der Waals surface area contributed by atoms with Crippen LogP contribution in [0.1, 0.15) is 187 Å². The number of carboxylic acids is 1. The van der Waals surface area contributed by atoms with Crippen LogP contribution in [0.5, 0.6) is 0 Å². The van der Waals surface area contributed by atoms with Gasteiger partial charge in [0.05, 0.1) is 40.8 Å². The number of quaternary nitrogens is 1. The smallest absolute Gasteiger partial charge is 0.362 e. The van der Waals surface area contributed by atoms with E-state index in [-0.39, 0.29) is 36.7 Å². The van der Waals surface area contributed by atoms with Crippen molar-refractivity contribution in [1.82, 2.24) is 0 Å². The van der Waals surface area contributed by atoms with Gasteiger partial charge in [0.2, 0.25) is 0 Å². The molecule has 8 nitrogen and oxygen atoms in total. The summed E-state index contributed by atoms with van der Waals surface area (Å²) in [6, 6.07) is -0.623. The Hall–Kier alpha value is -2.45. The fourth-order valence-corrected chi connectivity index (χ4v) is 6.45. The molecule has 0 bridgehead atoms. The third-order valence-corrected chi connectivity index (χ3v) is 9.84. The van der Waals surface area contributed by atoms with E-state index in [2.05, 4.69) is 38.2 Å². The summed E-state index contributed by atoms with van der Waals surface area (Å²) in [4.78, 5) is 36.8. The normalized spacial score (nSPS) is 13.3. The first-order valence-corrected chi connectivity index (χ1v) is 22.0. The van der Waals surface area contributed by atoms with Crippen LogP contribution in [0.4, 0.5) is 0 Å². The Morgan fingerprint density at radius 3 is 1.46 bits per heavy atom. The Kier molecular flexibility index (Phi) is 35.8. The zero-order valence-electron chi connectivity index (χ0n) is 35.7. The van der Waals surface area contributed by atoms with Crippen molar-refractivity contribution < 1.29 is 38.2 Å². The van der Waals surface area contributed by atoms with E-state index in [0.29, 0.717) is 12.8 Å². The molecule has 0 amide bonds. The van der Waals surface area contributed by atoms with Crippen molar-refractivity contribution in [3.63, 3.8) is 0 Å². The Labute approximate surface area is 332 Å². The second-order valence-corrected chi connectivity index (χ2v) is 15.9. The average Bonchev–Trinajstić information content (AvgIpc) is 3.12. The van der Waals surface area contributed by atoms with Crippen LogP contribution >= 0.6 is 0 Å². The maximum absolute atomic E-state index is 12.7. The summed E-state index contributed by atoms with van der Waals surface area (Å²) < 4.78 is 17.1. The standard InChI is InChI=1S/C46H83NO7/c1-6-8-10-12-14-16-17-18-19-20-21-22-23-24-25-26-27-29-31-33-35-37-45(49)54-42(40-52-39-38-43(46(50)51)47(3,4)5)41-53-44(48)36-34-32-30-28-15-13-11-9-7-2/h9,11,15,28,32,34,42-43H,6-8,10,12-14,16-27,29-31,33,35-41H2,1-5H3/p+1/b11-9+,28-15+,34-32+. The Balaban J connectivity index is 4.24. The molecule has 0 aliphatic heterocycles. The summed E-state index contributed by atoms with van der Waals surface area (Å²) in [6.45, 7) is 4.52. The lowest BCUT2D eigenvalue weighted by Crippen LogP contribution is -2.50. The van der Waals surface area contributed by atoms with Crippen LogP contribution in [-0.2, 0) is 28.6 Å². The van der Waals surface area contributed by atoms with Gasteiger partial charge in [-0.2, -0.15) is 0 Å². The van der Waals surface area contributed by atoms with Crippen LogP contribution in [0.2, 0.25) is 0 Å².